The van der Waals surface area contributed by atoms with Crippen molar-refractivity contribution in [1.82, 2.24) is 20.1 Å². The molecule has 0 aliphatic carbocycles. The molecule has 1 saturated heterocycles. The van der Waals surface area contributed by atoms with Crippen LogP contribution in [0.25, 0.3) is 10.9 Å². The molecule has 3 amide bonds. The van der Waals surface area contributed by atoms with Gasteiger partial charge in [0.15, 0.2) is 0 Å². The van der Waals surface area contributed by atoms with E-state index in [2.05, 4.69) is 10.3 Å². The standard InChI is InChI=1S/C21H28N4O4/c1-14(2)19(20(27)28)23-21(29)25-11-9-24(10-12-25)18(26)8-7-15-13-22-17-6-4-3-5-16(15)17/h3-6,13-14,19,22H,7-12H2,1-2H3,(H,23,29)(H,27,28)/t19-/m1/s1. The molecule has 1 aliphatic heterocycles. The predicted octanol–water partition coefficient (Wildman–Crippen LogP) is 2.06. The molecule has 29 heavy (non-hydrogen) atoms. The largest absolute Gasteiger partial charge is 0.480 e. The number of hydrogen-bond donors (Lipinski definition) is 3. The van der Waals surface area contributed by atoms with E-state index >= 15 is 0 Å². The number of aryl methyl sites for hydroxylation is 1. The van der Waals surface area contributed by atoms with Gasteiger partial charge in [-0.1, -0.05) is 32.0 Å². The minimum absolute atomic E-state index is 0.0703. The van der Waals surface area contributed by atoms with Crippen LogP contribution in [0, 0.1) is 5.92 Å². The number of urea groups is 1. The van der Waals surface area contributed by atoms with Crippen molar-refractivity contribution in [2.75, 3.05) is 26.2 Å². The number of para-hydroxylation sites is 1. The summed E-state index contributed by atoms with van der Waals surface area (Å²) in [5, 5.41) is 12.9. The van der Waals surface area contributed by atoms with Gasteiger partial charge < -0.3 is 25.2 Å². The van der Waals surface area contributed by atoms with Gasteiger partial charge in [-0.3, -0.25) is 4.79 Å². The number of H-pyrrole nitrogens is 1. The Kier molecular flexibility index (Phi) is 6.41. The topological polar surface area (TPSA) is 106 Å². The van der Waals surface area contributed by atoms with Crippen molar-refractivity contribution < 1.29 is 19.5 Å². The Bertz CT molecular complexity index is 884. The zero-order chi connectivity index (χ0) is 21.0. The molecule has 0 unspecified atom stereocenters. The van der Waals surface area contributed by atoms with Gasteiger partial charge in [0.25, 0.3) is 0 Å². The Morgan fingerprint density at radius 1 is 1.10 bits per heavy atom. The summed E-state index contributed by atoms with van der Waals surface area (Å²) >= 11 is 0. The molecule has 3 rings (SSSR count). The van der Waals surface area contributed by atoms with Crippen molar-refractivity contribution in [1.29, 1.82) is 0 Å². The zero-order valence-corrected chi connectivity index (χ0v) is 16.9. The van der Waals surface area contributed by atoms with Gasteiger partial charge in [-0.25, -0.2) is 9.59 Å². The number of nitrogens with one attached hydrogen (secondary N) is 2. The van der Waals surface area contributed by atoms with Crippen LogP contribution in [0.1, 0.15) is 25.8 Å². The van der Waals surface area contributed by atoms with Crippen LogP contribution in [0.2, 0.25) is 0 Å². The number of carbonyl (C=O) groups is 3. The summed E-state index contributed by atoms with van der Waals surface area (Å²) in [6.45, 7) is 5.22. The molecule has 0 bridgehead atoms. The number of aromatic amines is 1. The van der Waals surface area contributed by atoms with E-state index in [0.717, 1.165) is 16.5 Å². The molecule has 1 fully saturated rings. The van der Waals surface area contributed by atoms with Crippen molar-refractivity contribution in [3.8, 4) is 0 Å². The van der Waals surface area contributed by atoms with Gasteiger partial charge in [-0.15, -0.1) is 0 Å². The van der Waals surface area contributed by atoms with Gasteiger partial charge in [0, 0.05) is 49.7 Å². The van der Waals surface area contributed by atoms with Crippen LogP contribution < -0.4 is 5.32 Å². The third kappa shape index (κ3) is 4.88. The lowest BCUT2D eigenvalue weighted by molar-refractivity contribution is -0.140. The van der Waals surface area contributed by atoms with Crippen LogP contribution in [0.4, 0.5) is 4.79 Å². The third-order valence-corrected chi connectivity index (χ3v) is 5.41. The highest BCUT2D eigenvalue weighted by atomic mass is 16.4. The highest BCUT2D eigenvalue weighted by molar-refractivity contribution is 5.85. The molecular weight excluding hydrogens is 372 g/mol. The average Bonchev–Trinajstić information content (AvgIpc) is 3.12. The fraction of sp³-hybridized carbons (Fsp3) is 0.476. The molecule has 3 N–H and O–H groups in total. The molecule has 2 aromatic rings. The Morgan fingerprint density at radius 2 is 1.76 bits per heavy atom. The highest BCUT2D eigenvalue weighted by Gasteiger charge is 2.28. The number of aliphatic carboxylic acids is 1. The number of piperazine rings is 1. The maximum atomic E-state index is 12.6. The molecule has 2 heterocycles. The lowest BCUT2D eigenvalue weighted by atomic mass is 10.1. The number of benzene rings is 1. The van der Waals surface area contributed by atoms with Gasteiger partial charge in [-0.2, -0.15) is 0 Å². The van der Waals surface area contributed by atoms with Crippen molar-refractivity contribution >= 4 is 28.8 Å². The fourth-order valence-corrected chi connectivity index (χ4v) is 3.63. The van der Waals surface area contributed by atoms with E-state index in [0.29, 0.717) is 39.0 Å². The summed E-state index contributed by atoms with van der Waals surface area (Å²) < 4.78 is 0. The summed E-state index contributed by atoms with van der Waals surface area (Å²) in [6.07, 6.45) is 3.04. The van der Waals surface area contributed by atoms with E-state index in [9.17, 15) is 19.5 Å². The summed E-state index contributed by atoms with van der Waals surface area (Å²) in [7, 11) is 0. The molecule has 8 heteroatoms. The van der Waals surface area contributed by atoms with E-state index in [1.807, 2.05) is 30.5 Å². The number of nitrogens with zero attached hydrogens (tertiary/aromatic N) is 2. The first kappa shape index (κ1) is 20.7. The third-order valence-electron chi connectivity index (χ3n) is 5.41. The SMILES string of the molecule is CC(C)[C@@H](NC(=O)N1CCN(C(=O)CCc2c[nH]c3ccccc23)CC1)C(=O)O. The number of amides is 3. The number of carbonyl (C=O) groups excluding carboxylic acids is 2. The highest BCUT2D eigenvalue weighted by Crippen LogP contribution is 2.19. The monoisotopic (exact) mass is 400 g/mol. The van der Waals surface area contributed by atoms with Gasteiger partial charge in [-0.05, 0) is 24.0 Å². The lowest BCUT2D eigenvalue weighted by Gasteiger charge is -2.35. The number of fused-ring (bicyclic) bond motifs is 1. The smallest absolute Gasteiger partial charge is 0.326 e. The van der Waals surface area contributed by atoms with Crippen molar-refractivity contribution in [3.63, 3.8) is 0 Å². The molecule has 0 radical (unpaired) electrons. The number of aromatic nitrogens is 1. The van der Waals surface area contributed by atoms with Crippen LogP contribution >= 0.6 is 0 Å². The Morgan fingerprint density at radius 3 is 2.41 bits per heavy atom. The Hall–Kier alpha value is -3.03. The number of carboxylic acids is 1. The first-order valence-electron chi connectivity index (χ1n) is 9.98. The molecule has 1 aliphatic rings. The minimum Gasteiger partial charge on any atom is -0.480 e. The molecule has 0 saturated carbocycles. The van der Waals surface area contributed by atoms with E-state index in [4.69, 9.17) is 0 Å². The molecule has 1 aromatic carbocycles. The van der Waals surface area contributed by atoms with Crippen molar-refractivity contribution in [3.05, 3.63) is 36.0 Å². The molecule has 156 valence electrons. The van der Waals surface area contributed by atoms with Crippen LogP contribution in [-0.2, 0) is 16.0 Å². The summed E-state index contributed by atoms with van der Waals surface area (Å²) in [6, 6.07) is 6.71. The average molecular weight is 400 g/mol. The van der Waals surface area contributed by atoms with Gasteiger partial charge in [0.1, 0.15) is 6.04 Å². The molecule has 1 atom stereocenters. The second-order valence-corrected chi connectivity index (χ2v) is 7.74. The van der Waals surface area contributed by atoms with Gasteiger partial charge >= 0.3 is 12.0 Å². The molecular formula is C21H28N4O4. The minimum atomic E-state index is -1.04. The Balaban J connectivity index is 1.48. The summed E-state index contributed by atoms with van der Waals surface area (Å²) in [5.74, 6) is -1.18. The van der Waals surface area contributed by atoms with Gasteiger partial charge in [0.2, 0.25) is 5.91 Å². The van der Waals surface area contributed by atoms with Crippen LogP contribution in [0.3, 0.4) is 0 Å². The van der Waals surface area contributed by atoms with Crippen molar-refractivity contribution in [2.45, 2.75) is 32.7 Å². The fourth-order valence-electron chi connectivity index (χ4n) is 3.63. The zero-order valence-electron chi connectivity index (χ0n) is 16.9. The first-order valence-corrected chi connectivity index (χ1v) is 9.98. The molecule has 1 aromatic heterocycles. The maximum absolute atomic E-state index is 12.6. The second kappa shape index (κ2) is 8.98. The summed E-state index contributed by atoms with van der Waals surface area (Å²) in [5.41, 5.74) is 2.19. The lowest BCUT2D eigenvalue weighted by Crippen LogP contribution is -2.56. The van der Waals surface area contributed by atoms with E-state index in [1.165, 1.54) is 0 Å². The van der Waals surface area contributed by atoms with E-state index in [1.54, 1.807) is 23.6 Å². The van der Waals surface area contributed by atoms with Crippen LogP contribution in [0.15, 0.2) is 30.5 Å². The van der Waals surface area contributed by atoms with Crippen molar-refractivity contribution in [2.24, 2.45) is 5.92 Å². The number of rotatable bonds is 6. The Labute approximate surface area is 169 Å². The first-order chi connectivity index (χ1) is 13.9. The quantitative estimate of drug-likeness (QED) is 0.690. The van der Waals surface area contributed by atoms with Crippen LogP contribution in [0.5, 0.6) is 0 Å². The van der Waals surface area contributed by atoms with Gasteiger partial charge in [0.05, 0.1) is 0 Å². The molecule has 8 nitrogen and oxygen atoms in total. The number of carboxylic acid groups (broad SMARTS) is 1. The maximum Gasteiger partial charge on any atom is 0.326 e. The van der Waals surface area contributed by atoms with E-state index < -0.39 is 18.0 Å². The normalized spacial score (nSPS) is 15.6. The number of hydrogen-bond acceptors (Lipinski definition) is 3. The molecule has 0 spiro atoms. The van der Waals surface area contributed by atoms with E-state index in [-0.39, 0.29) is 11.8 Å². The predicted molar refractivity (Wildman–Crippen MR) is 110 cm³/mol. The van der Waals surface area contributed by atoms with Crippen LogP contribution in [-0.4, -0.2) is 70.0 Å². The second-order valence-electron chi connectivity index (χ2n) is 7.74. The summed E-state index contributed by atoms with van der Waals surface area (Å²) in [4.78, 5) is 42.8.